The molecule has 2 aromatic rings. The molecule has 1 atom stereocenters. The van der Waals surface area contributed by atoms with Gasteiger partial charge in [0.05, 0.1) is 7.11 Å². The molecule has 0 saturated heterocycles. The molecule has 0 heterocycles. The maximum Gasteiger partial charge on any atom is 0.159 e. The molecule has 1 aliphatic rings. The summed E-state index contributed by atoms with van der Waals surface area (Å²) in [6.07, 6.45) is 6.12. The van der Waals surface area contributed by atoms with Crippen LogP contribution in [0.25, 0.3) is 0 Å². The lowest BCUT2D eigenvalue weighted by Crippen LogP contribution is -2.07. The molecule has 2 aromatic carbocycles. The third kappa shape index (κ3) is 3.01. The highest BCUT2D eigenvalue weighted by Gasteiger charge is 2.19. The summed E-state index contributed by atoms with van der Waals surface area (Å²) in [5, 5.41) is 0. The lowest BCUT2D eigenvalue weighted by Gasteiger charge is -2.21. The van der Waals surface area contributed by atoms with E-state index in [0.717, 1.165) is 11.3 Å². The van der Waals surface area contributed by atoms with Gasteiger partial charge in [-0.05, 0) is 34.9 Å². The molecule has 0 N–H and O–H groups in total. The summed E-state index contributed by atoms with van der Waals surface area (Å²) in [7, 11) is 1.67. The predicted octanol–water partition coefficient (Wildman–Crippen LogP) is 4.28. The number of carbonyl (C=O) groups is 1. The van der Waals surface area contributed by atoms with Crippen LogP contribution in [0.3, 0.4) is 0 Å². The van der Waals surface area contributed by atoms with E-state index in [1.807, 2.05) is 42.5 Å². The van der Waals surface area contributed by atoms with Crippen LogP contribution in [0, 0.1) is 0 Å². The maximum absolute atomic E-state index is 11.4. The first-order valence-electron chi connectivity index (χ1n) is 7.38. The van der Waals surface area contributed by atoms with Gasteiger partial charge in [-0.25, -0.2) is 0 Å². The lowest BCUT2D eigenvalue weighted by atomic mass is 9.82. The number of rotatable bonds is 4. The number of benzene rings is 2. The minimum atomic E-state index is 0.136. The van der Waals surface area contributed by atoms with Crippen molar-refractivity contribution in [1.29, 1.82) is 0 Å². The lowest BCUT2D eigenvalue weighted by molar-refractivity contribution is -0.113. The Kier molecular flexibility index (Phi) is 4.19. The Balaban J connectivity index is 2.03. The smallest absolute Gasteiger partial charge is 0.159 e. The summed E-state index contributed by atoms with van der Waals surface area (Å²) in [6, 6.07) is 18.5. The minimum absolute atomic E-state index is 0.136. The molecule has 0 spiro atoms. The van der Waals surface area contributed by atoms with Crippen molar-refractivity contribution in [2.24, 2.45) is 0 Å². The van der Waals surface area contributed by atoms with Crippen LogP contribution in [-0.4, -0.2) is 12.9 Å². The van der Waals surface area contributed by atoms with Crippen LogP contribution in [0.15, 0.2) is 78.4 Å². The molecule has 0 bridgehead atoms. The average Bonchev–Trinajstić information content (AvgIpc) is 2.58. The highest BCUT2D eigenvalue weighted by Crippen LogP contribution is 2.34. The third-order valence-electron chi connectivity index (χ3n) is 3.92. The minimum Gasteiger partial charge on any atom is -0.497 e. The van der Waals surface area contributed by atoms with Gasteiger partial charge in [-0.2, -0.15) is 0 Å². The average molecular weight is 290 g/mol. The van der Waals surface area contributed by atoms with Crippen molar-refractivity contribution in [2.75, 3.05) is 7.11 Å². The molecule has 110 valence electrons. The number of hydrogen-bond acceptors (Lipinski definition) is 2. The fraction of sp³-hybridized carbons (Fsp3) is 0.150. The second-order valence-corrected chi connectivity index (χ2v) is 5.32. The molecule has 1 aliphatic carbocycles. The number of hydrogen-bond donors (Lipinski definition) is 0. The van der Waals surface area contributed by atoms with Gasteiger partial charge in [0, 0.05) is 12.3 Å². The van der Waals surface area contributed by atoms with Crippen LogP contribution < -0.4 is 4.74 Å². The molecule has 22 heavy (non-hydrogen) atoms. The second-order valence-electron chi connectivity index (χ2n) is 5.32. The van der Waals surface area contributed by atoms with Crippen LogP contribution in [0.1, 0.15) is 23.5 Å². The van der Waals surface area contributed by atoms with E-state index in [1.54, 1.807) is 13.2 Å². The monoisotopic (exact) mass is 290 g/mol. The molecule has 0 aromatic heterocycles. The van der Waals surface area contributed by atoms with Crippen molar-refractivity contribution in [3.05, 3.63) is 89.5 Å². The van der Waals surface area contributed by atoms with Crippen LogP contribution in [-0.2, 0) is 4.79 Å². The highest BCUT2D eigenvalue weighted by molar-refractivity contribution is 5.92. The Bertz CT molecular complexity index is 709. The summed E-state index contributed by atoms with van der Waals surface area (Å²) >= 11 is 0. The van der Waals surface area contributed by atoms with Gasteiger partial charge in [0.2, 0.25) is 0 Å². The van der Waals surface area contributed by atoms with Crippen molar-refractivity contribution in [2.45, 2.75) is 12.3 Å². The van der Waals surface area contributed by atoms with Gasteiger partial charge in [-0.15, -0.1) is 0 Å². The summed E-state index contributed by atoms with van der Waals surface area (Å²) in [6.45, 7) is 0. The van der Waals surface area contributed by atoms with Gasteiger partial charge < -0.3 is 4.74 Å². The number of carbonyl (C=O) groups excluding carboxylic acids is 1. The zero-order valence-corrected chi connectivity index (χ0v) is 12.5. The van der Waals surface area contributed by atoms with Crippen LogP contribution >= 0.6 is 0 Å². The van der Waals surface area contributed by atoms with E-state index in [1.165, 1.54) is 11.1 Å². The van der Waals surface area contributed by atoms with Crippen LogP contribution in [0.2, 0.25) is 0 Å². The first-order chi connectivity index (χ1) is 10.8. The molecular formula is C20H18O2. The van der Waals surface area contributed by atoms with Crippen molar-refractivity contribution in [3.8, 4) is 5.75 Å². The normalized spacial score (nSPS) is 15.3. The molecule has 1 unspecified atom stereocenters. The molecule has 2 nitrogen and oxygen atoms in total. The Morgan fingerprint density at radius 2 is 1.59 bits per heavy atom. The maximum atomic E-state index is 11.4. The standard InChI is InChI=1S/C20H18O2/c1-22-19-13-9-17(10-14-19)20(15-5-3-2-4-6-15)16-7-11-18(21)12-8-16/h2-11,13-14,20H,12H2,1H3. The SMILES string of the molecule is COc1ccc(C(C2=CCC(=O)C=C2)c2ccccc2)cc1. The zero-order valence-electron chi connectivity index (χ0n) is 12.5. The van der Waals surface area contributed by atoms with Crippen molar-refractivity contribution >= 4 is 5.78 Å². The van der Waals surface area contributed by atoms with Gasteiger partial charge >= 0.3 is 0 Å². The van der Waals surface area contributed by atoms with Crippen molar-refractivity contribution in [1.82, 2.24) is 0 Å². The third-order valence-corrected chi connectivity index (χ3v) is 3.92. The van der Waals surface area contributed by atoms with E-state index in [4.69, 9.17) is 4.74 Å². The van der Waals surface area contributed by atoms with E-state index in [0.29, 0.717) is 6.42 Å². The fourth-order valence-electron chi connectivity index (χ4n) is 2.78. The Labute approximate surface area is 130 Å². The number of methoxy groups -OCH3 is 1. The van der Waals surface area contributed by atoms with Gasteiger partial charge in [0.1, 0.15) is 5.75 Å². The summed E-state index contributed by atoms with van der Waals surface area (Å²) in [4.78, 5) is 11.4. The van der Waals surface area contributed by atoms with E-state index in [-0.39, 0.29) is 11.7 Å². The molecule has 0 aliphatic heterocycles. The molecule has 0 fully saturated rings. The van der Waals surface area contributed by atoms with Gasteiger partial charge in [-0.3, -0.25) is 4.79 Å². The van der Waals surface area contributed by atoms with Gasteiger partial charge in [0.25, 0.3) is 0 Å². The van der Waals surface area contributed by atoms with E-state index in [9.17, 15) is 4.79 Å². The Morgan fingerprint density at radius 3 is 2.18 bits per heavy atom. The predicted molar refractivity (Wildman–Crippen MR) is 88.1 cm³/mol. The quantitative estimate of drug-likeness (QED) is 0.840. The van der Waals surface area contributed by atoms with E-state index < -0.39 is 0 Å². The van der Waals surface area contributed by atoms with Gasteiger partial charge in [-0.1, -0.05) is 54.6 Å². The van der Waals surface area contributed by atoms with Crippen molar-refractivity contribution < 1.29 is 9.53 Å². The molecule has 0 saturated carbocycles. The molecular weight excluding hydrogens is 272 g/mol. The second kappa shape index (κ2) is 6.44. The molecule has 0 radical (unpaired) electrons. The van der Waals surface area contributed by atoms with Crippen molar-refractivity contribution in [3.63, 3.8) is 0 Å². The number of ketones is 1. The first-order valence-corrected chi connectivity index (χ1v) is 7.38. The highest BCUT2D eigenvalue weighted by atomic mass is 16.5. The molecule has 0 amide bonds. The van der Waals surface area contributed by atoms with E-state index >= 15 is 0 Å². The number of ether oxygens (including phenoxy) is 1. The van der Waals surface area contributed by atoms with Gasteiger partial charge in [0.15, 0.2) is 5.78 Å². The van der Waals surface area contributed by atoms with Crippen LogP contribution in [0.4, 0.5) is 0 Å². The topological polar surface area (TPSA) is 26.3 Å². The first kappa shape index (κ1) is 14.3. The summed E-state index contributed by atoms with van der Waals surface area (Å²) in [5.41, 5.74) is 3.58. The fourth-order valence-corrected chi connectivity index (χ4v) is 2.78. The largest absolute Gasteiger partial charge is 0.497 e. The molecule has 3 rings (SSSR count). The summed E-state index contributed by atoms with van der Waals surface area (Å²) in [5.74, 6) is 1.14. The zero-order chi connectivity index (χ0) is 15.4. The summed E-state index contributed by atoms with van der Waals surface area (Å²) < 4.78 is 5.24. The number of allylic oxidation sites excluding steroid dienone is 4. The molecule has 2 heteroatoms. The van der Waals surface area contributed by atoms with Crippen LogP contribution in [0.5, 0.6) is 5.75 Å². The Hall–Kier alpha value is -2.61. The Morgan fingerprint density at radius 1 is 0.909 bits per heavy atom. The van der Waals surface area contributed by atoms with E-state index in [2.05, 4.69) is 24.3 Å².